The Bertz CT molecular complexity index is 562. The van der Waals surface area contributed by atoms with Crippen molar-refractivity contribution in [2.45, 2.75) is 51.9 Å². The van der Waals surface area contributed by atoms with Crippen LogP contribution in [0.25, 0.3) is 0 Å². The van der Waals surface area contributed by atoms with Gasteiger partial charge in [-0.05, 0) is 47.9 Å². The molecule has 0 heterocycles. The van der Waals surface area contributed by atoms with Crippen molar-refractivity contribution in [1.29, 1.82) is 0 Å². The Balaban J connectivity index is 1.73. The molecule has 0 saturated heterocycles. The van der Waals surface area contributed by atoms with Crippen LogP contribution >= 0.6 is 0 Å². The van der Waals surface area contributed by atoms with E-state index in [1.165, 1.54) is 55.2 Å². The van der Waals surface area contributed by atoms with Crippen molar-refractivity contribution < 1.29 is 0 Å². The normalized spacial score (nSPS) is 16.0. The van der Waals surface area contributed by atoms with Crippen LogP contribution in [0.3, 0.4) is 0 Å². The fourth-order valence-corrected chi connectivity index (χ4v) is 3.58. The maximum Gasteiger partial charge on any atom is -0.00230 e. The lowest BCUT2D eigenvalue weighted by Crippen LogP contribution is -2.09. The number of hydrogen-bond donors (Lipinski definition) is 0. The minimum Gasteiger partial charge on any atom is -0.0622 e. The molecule has 110 valence electrons. The van der Waals surface area contributed by atoms with Gasteiger partial charge in [-0.1, -0.05) is 80.6 Å². The van der Waals surface area contributed by atoms with Gasteiger partial charge in [-0.15, -0.1) is 0 Å². The number of benzene rings is 2. The lowest BCUT2D eigenvalue weighted by atomic mass is 9.84. The smallest absolute Gasteiger partial charge is 0.00230 e. The lowest BCUT2D eigenvalue weighted by Gasteiger charge is -2.22. The molecule has 0 atom stereocenters. The Hall–Kier alpha value is -1.56. The van der Waals surface area contributed by atoms with Crippen LogP contribution in [0.1, 0.15) is 54.4 Å². The summed E-state index contributed by atoms with van der Waals surface area (Å²) >= 11 is 0. The van der Waals surface area contributed by atoms with E-state index in [1.807, 2.05) is 0 Å². The molecule has 1 saturated carbocycles. The van der Waals surface area contributed by atoms with E-state index in [-0.39, 0.29) is 0 Å². The summed E-state index contributed by atoms with van der Waals surface area (Å²) in [6.07, 6.45) is 9.53. The predicted octanol–water partition coefficient (Wildman–Crippen LogP) is 5.71. The van der Waals surface area contributed by atoms with Crippen LogP contribution in [-0.2, 0) is 12.8 Å². The highest BCUT2D eigenvalue weighted by molar-refractivity contribution is 5.35. The molecule has 0 N–H and O–H groups in total. The molecule has 3 rings (SSSR count). The van der Waals surface area contributed by atoms with Crippen molar-refractivity contribution >= 4 is 0 Å². The zero-order valence-electron chi connectivity index (χ0n) is 13.1. The molecule has 0 spiro atoms. The Labute approximate surface area is 129 Å². The summed E-state index contributed by atoms with van der Waals surface area (Å²) in [4.78, 5) is 0. The molecule has 21 heavy (non-hydrogen) atoms. The first-order chi connectivity index (χ1) is 10.3. The summed E-state index contributed by atoms with van der Waals surface area (Å²) < 4.78 is 0. The second-order valence-corrected chi connectivity index (χ2v) is 6.63. The van der Waals surface area contributed by atoms with E-state index in [1.54, 1.807) is 5.56 Å². The van der Waals surface area contributed by atoms with Crippen molar-refractivity contribution in [2.75, 3.05) is 0 Å². The van der Waals surface area contributed by atoms with Gasteiger partial charge in [-0.3, -0.25) is 0 Å². The molecule has 0 heteroatoms. The highest BCUT2D eigenvalue weighted by atomic mass is 14.2. The van der Waals surface area contributed by atoms with Gasteiger partial charge in [0.25, 0.3) is 0 Å². The summed E-state index contributed by atoms with van der Waals surface area (Å²) in [5.74, 6) is 0.922. The van der Waals surface area contributed by atoms with Crippen LogP contribution in [0.5, 0.6) is 0 Å². The van der Waals surface area contributed by atoms with Crippen molar-refractivity contribution in [1.82, 2.24) is 0 Å². The zero-order valence-corrected chi connectivity index (χ0v) is 13.1. The zero-order chi connectivity index (χ0) is 14.5. The summed E-state index contributed by atoms with van der Waals surface area (Å²) in [5.41, 5.74) is 5.87. The molecule has 1 fully saturated rings. The third-order valence-corrected chi connectivity index (χ3v) is 4.90. The van der Waals surface area contributed by atoms with Gasteiger partial charge in [0.1, 0.15) is 0 Å². The van der Waals surface area contributed by atoms with Gasteiger partial charge in [-0.2, -0.15) is 0 Å². The van der Waals surface area contributed by atoms with Gasteiger partial charge in [0, 0.05) is 0 Å². The molecule has 1 aliphatic carbocycles. The topological polar surface area (TPSA) is 0 Å². The lowest BCUT2D eigenvalue weighted by molar-refractivity contribution is 0.356. The van der Waals surface area contributed by atoms with Crippen LogP contribution in [0.15, 0.2) is 48.5 Å². The second kappa shape index (κ2) is 6.93. The average Bonchev–Trinajstić information content (AvgIpc) is 2.53. The van der Waals surface area contributed by atoms with Crippen LogP contribution in [0.4, 0.5) is 0 Å². The first kappa shape index (κ1) is 14.4. The summed E-state index contributed by atoms with van der Waals surface area (Å²) in [5, 5.41) is 0. The highest BCUT2D eigenvalue weighted by Gasteiger charge is 2.14. The molecule has 0 nitrogen and oxygen atoms in total. The number of aryl methyl sites for hydroxylation is 1. The van der Waals surface area contributed by atoms with Gasteiger partial charge in [0.05, 0.1) is 0 Å². The van der Waals surface area contributed by atoms with Crippen LogP contribution in [-0.4, -0.2) is 0 Å². The SMILES string of the molecule is Cc1ccc(CC2CCCCC2)cc1Cc1ccccc1. The van der Waals surface area contributed by atoms with Gasteiger partial charge in [0.2, 0.25) is 0 Å². The number of rotatable bonds is 4. The molecule has 0 radical (unpaired) electrons. The maximum absolute atomic E-state index is 2.46. The largest absolute Gasteiger partial charge is 0.0622 e. The molecule has 0 unspecified atom stereocenters. The Morgan fingerprint density at radius 1 is 0.857 bits per heavy atom. The minimum atomic E-state index is 0.922. The van der Waals surface area contributed by atoms with E-state index in [0.29, 0.717) is 0 Å². The molecular weight excluding hydrogens is 252 g/mol. The first-order valence-corrected chi connectivity index (χ1v) is 8.43. The van der Waals surface area contributed by atoms with Crippen molar-refractivity contribution in [2.24, 2.45) is 5.92 Å². The standard InChI is InChI=1S/C21H26/c1-17-12-13-20(14-18-8-4-2-5-9-18)16-21(17)15-19-10-6-3-7-11-19/h3,6-7,10-13,16,18H,2,4-5,8-9,14-15H2,1H3. The Morgan fingerprint density at radius 2 is 1.62 bits per heavy atom. The maximum atomic E-state index is 2.46. The summed E-state index contributed by atoms with van der Waals surface area (Å²) in [7, 11) is 0. The Morgan fingerprint density at radius 3 is 2.38 bits per heavy atom. The predicted molar refractivity (Wildman–Crippen MR) is 90.7 cm³/mol. The first-order valence-electron chi connectivity index (χ1n) is 8.43. The quantitative estimate of drug-likeness (QED) is 0.672. The second-order valence-electron chi connectivity index (χ2n) is 6.63. The van der Waals surface area contributed by atoms with E-state index in [9.17, 15) is 0 Å². The monoisotopic (exact) mass is 278 g/mol. The molecule has 1 aliphatic rings. The molecule has 0 bridgehead atoms. The van der Waals surface area contributed by atoms with E-state index < -0.39 is 0 Å². The van der Waals surface area contributed by atoms with Gasteiger partial charge in [0.15, 0.2) is 0 Å². The molecule has 0 aliphatic heterocycles. The fraction of sp³-hybridized carbons (Fsp3) is 0.429. The molecule has 2 aromatic rings. The summed E-state index contributed by atoms with van der Waals surface area (Å²) in [6.45, 7) is 2.24. The molecule has 0 amide bonds. The fourth-order valence-electron chi connectivity index (χ4n) is 3.58. The van der Waals surface area contributed by atoms with Crippen LogP contribution in [0, 0.1) is 12.8 Å². The van der Waals surface area contributed by atoms with Gasteiger partial charge in [-0.25, -0.2) is 0 Å². The molecular formula is C21H26. The highest BCUT2D eigenvalue weighted by Crippen LogP contribution is 2.27. The molecule has 0 aromatic heterocycles. The third-order valence-electron chi connectivity index (χ3n) is 4.90. The van der Waals surface area contributed by atoms with E-state index in [2.05, 4.69) is 55.5 Å². The van der Waals surface area contributed by atoms with Gasteiger partial charge >= 0.3 is 0 Å². The Kier molecular flexibility index (Phi) is 4.75. The van der Waals surface area contributed by atoms with Gasteiger partial charge < -0.3 is 0 Å². The minimum absolute atomic E-state index is 0.922. The van der Waals surface area contributed by atoms with E-state index >= 15 is 0 Å². The van der Waals surface area contributed by atoms with Crippen LogP contribution < -0.4 is 0 Å². The average molecular weight is 278 g/mol. The van der Waals surface area contributed by atoms with E-state index in [0.717, 1.165) is 12.3 Å². The molecule has 2 aromatic carbocycles. The van der Waals surface area contributed by atoms with E-state index in [4.69, 9.17) is 0 Å². The van der Waals surface area contributed by atoms with Crippen molar-refractivity contribution in [3.05, 3.63) is 70.8 Å². The summed E-state index contributed by atoms with van der Waals surface area (Å²) in [6, 6.07) is 17.9. The third kappa shape index (κ3) is 3.97. The number of hydrogen-bond acceptors (Lipinski definition) is 0. The van der Waals surface area contributed by atoms with Crippen molar-refractivity contribution in [3.8, 4) is 0 Å². The van der Waals surface area contributed by atoms with Crippen molar-refractivity contribution in [3.63, 3.8) is 0 Å². The van der Waals surface area contributed by atoms with Crippen LogP contribution in [0.2, 0.25) is 0 Å².